The van der Waals surface area contributed by atoms with Gasteiger partial charge in [-0.1, -0.05) is 24.3 Å². The maximum absolute atomic E-state index is 12.4. The van der Waals surface area contributed by atoms with Gasteiger partial charge in [0.2, 0.25) is 5.91 Å². The molecule has 5 nitrogen and oxygen atoms in total. The van der Waals surface area contributed by atoms with Crippen LogP contribution in [0.2, 0.25) is 0 Å². The van der Waals surface area contributed by atoms with Gasteiger partial charge in [0.15, 0.2) is 0 Å². The molecule has 1 aromatic carbocycles. The molecule has 0 spiro atoms. The summed E-state index contributed by atoms with van der Waals surface area (Å²) < 4.78 is 0. The van der Waals surface area contributed by atoms with Crippen molar-refractivity contribution in [3.63, 3.8) is 0 Å². The van der Waals surface area contributed by atoms with E-state index in [4.69, 9.17) is 0 Å². The average Bonchev–Trinajstić information content (AvgIpc) is 2.51. The number of rotatable bonds is 4. The molecule has 2 aliphatic heterocycles. The molecular weight excluding hydrogens is 288 g/mol. The molecule has 1 aromatic rings. The van der Waals surface area contributed by atoms with Crippen LogP contribution in [0.5, 0.6) is 0 Å². The first-order valence-corrected chi connectivity index (χ1v) is 8.47. The van der Waals surface area contributed by atoms with Crippen molar-refractivity contribution in [2.75, 3.05) is 53.9 Å². The maximum Gasteiger partial charge on any atom is 0.241 e. The zero-order chi connectivity index (χ0) is 16.4. The number of nitrogens with zero attached hydrogens (tertiary/aromatic N) is 4. The van der Waals surface area contributed by atoms with Gasteiger partial charge in [0.05, 0.1) is 0 Å². The van der Waals surface area contributed by atoms with Gasteiger partial charge in [-0.3, -0.25) is 14.6 Å². The van der Waals surface area contributed by atoms with Crippen LogP contribution in [0.3, 0.4) is 0 Å². The number of carbonyl (C=O) groups excluding carboxylic acids is 1. The highest BCUT2D eigenvalue weighted by atomic mass is 16.2. The molecule has 0 bridgehead atoms. The third-order valence-electron chi connectivity index (χ3n) is 4.86. The largest absolute Gasteiger partial charge is 0.343 e. The number of carbonyl (C=O) groups is 1. The Kier molecular flexibility index (Phi) is 4.99. The molecule has 2 heterocycles. The maximum atomic E-state index is 12.4. The highest BCUT2D eigenvalue weighted by Crippen LogP contribution is 2.18. The Morgan fingerprint density at radius 3 is 2.65 bits per heavy atom. The van der Waals surface area contributed by atoms with Crippen LogP contribution in [0, 0.1) is 0 Å². The van der Waals surface area contributed by atoms with E-state index in [2.05, 4.69) is 53.1 Å². The fourth-order valence-corrected chi connectivity index (χ4v) is 3.62. The van der Waals surface area contributed by atoms with Crippen molar-refractivity contribution in [3.8, 4) is 0 Å². The van der Waals surface area contributed by atoms with Gasteiger partial charge in [0.25, 0.3) is 0 Å². The van der Waals surface area contributed by atoms with Crippen LogP contribution >= 0.6 is 0 Å². The minimum atomic E-state index is 0.0486. The van der Waals surface area contributed by atoms with Gasteiger partial charge in [-0.2, -0.15) is 0 Å². The normalized spacial score (nSPS) is 23.4. The number of piperazine rings is 2. The highest BCUT2D eigenvalue weighted by molar-refractivity contribution is 5.82. The molecule has 2 saturated heterocycles. The summed E-state index contributed by atoms with van der Waals surface area (Å²) in [7, 11) is 6.11. The van der Waals surface area contributed by atoms with Crippen molar-refractivity contribution >= 4 is 5.91 Å². The van der Waals surface area contributed by atoms with E-state index in [1.807, 2.05) is 11.9 Å². The van der Waals surface area contributed by atoms with Gasteiger partial charge in [-0.25, -0.2) is 0 Å². The Morgan fingerprint density at radius 1 is 1.13 bits per heavy atom. The standard InChI is InChI=1S/C18H28N4O/c1-19(2)12-15-5-4-6-16(11-15)13-21-8-10-22-9-7-20(3)18(23)17(22)14-21/h4-6,11,17H,7-10,12-14H2,1-3H3/t17-/m1/s1. The molecule has 0 unspecified atom stereocenters. The number of hydrogen-bond acceptors (Lipinski definition) is 4. The van der Waals surface area contributed by atoms with E-state index < -0.39 is 0 Å². The minimum Gasteiger partial charge on any atom is -0.343 e. The van der Waals surface area contributed by atoms with Crippen LogP contribution in [0.25, 0.3) is 0 Å². The molecule has 0 aromatic heterocycles. The molecule has 0 N–H and O–H groups in total. The summed E-state index contributed by atoms with van der Waals surface area (Å²) >= 11 is 0. The molecule has 0 saturated carbocycles. The quantitative estimate of drug-likeness (QED) is 0.818. The number of hydrogen-bond donors (Lipinski definition) is 0. The van der Waals surface area contributed by atoms with E-state index in [1.165, 1.54) is 11.1 Å². The molecular formula is C18H28N4O. The van der Waals surface area contributed by atoms with Gasteiger partial charge in [0.1, 0.15) is 6.04 Å². The Bertz CT molecular complexity index is 560. The summed E-state index contributed by atoms with van der Waals surface area (Å²) in [6.45, 7) is 6.67. The van der Waals surface area contributed by atoms with Gasteiger partial charge >= 0.3 is 0 Å². The van der Waals surface area contributed by atoms with Crippen molar-refractivity contribution in [1.29, 1.82) is 0 Å². The summed E-state index contributed by atoms with van der Waals surface area (Å²) in [6.07, 6.45) is 0. The van der Waals surface area contributed by atoms with E-state index >= 15 is 0 Å². The van der Waals surface area contributed by atoms with E-state index in [9.17, 15) is 4.79 Å². The predicted molar refractivity (Wildman–Crippen MR) is 92.1 cm³/mol. The lowest BCUT2D eigenvalue weighted by Crippen LogP contribution is -2.63. The second kappa shape index (κ2) is 6.99. The van der Waals surface area contributed by atoms with Crippen molar-refractivity contribution < 1.29 is 4.79 Å². The molecule has 2 aliphatic rings. The van der Waals surface area contributed by atoms with Gasteiger partial charge in [0, 0.05) is 52.9 Å². The minimum absolute atomic E-state index is 0.0486. The molecule has 23 heavy (non-hydrogen) atoms. The summed E-state index contributed by atoms with van der Waals surface area (Å²) in [4.78, 5) is 21.2. The third-order valence-corrected chi connectivity index (χ3v) is 4.86. The zero-order valence-corrected chi connectivity index (χ0v) is 14.5. The van der Waals surface area contributed by atoms with Gasteiger partial charge in [-0.15, -0.1) is 0 Å². The second-order valence-corrected chi connectivity index (χ2v) is 7.10. The van der Waals surface area contributed by atoms with Gasteiger partial charge < -0.3 is 9.80 Å². The molecule has 5 heteroatoms. The summed E-state index contributed by atoms with van der Waals surface area (Å²) in [5, 5.41) is 0. The third kappa shape index (κ3) is 3.91. The summed E-state index contributed by atoms with van der Waals surface area (Å²) in [6, 6.07) is 8.86. The first-order chi connectivity index (χ1) is 11.0. The molecule has 3 rings (SSSR count). The first-order valence-electron chi connectivity index (χ1n) is 8.47. The molecule has 0 aliphatic carbocycles. The van der Waals surface area contributed by atoms with Crippen LogP contribution in [0.15, 0.2) is 24.3 Å². The Labute approximate surface area is 139 Å². The monoisotopic (exact) mass is 316 g/mol. The van der Waals surface area contributed by atoms with E-state index in [0.29, 0.717) is 0 Å². The molecule has 0 radical (unpaired) electrons. The van der Waals surface area contributed by atoms with E-state index in [-0.39, 0.29) is 11.9 Å². The Hall–Kier alpha value is -1.43. The number of benzene rings is 1. The van der Waals surface area contributed by atoms with Crippen LogP contribution in [-0.4, -0.2) is 85.4 Å². The van der Waals surface area contributed by atoms with Crippen molar-refractivity contribution in [2.24, 2.45) is 0 Å². The Morgan fingerprint density at radius 2 is 1.87 bits per heavy atom. The number of amides is 1. The molecule has 2 fully saturated rings. The van der Waals surface area contributed by atoms with Crippen molar-refractivity contribution in [3.05, 3.63) is 35.4 Å². The lowest BCUT2D eigenvalue weighted by molar-refractivity contribution is -0.143. The van der Waals surface area contributed by atoms with Crippen LogP contribution in [-0.2, 0) is 17.9 Å². The second-order valence-electron chi connectivity index (χ2n) is 7.10. The Balaban J connectivity index is 1.63. The lowest BCUT2D eigenvalue weighted by atomic mass is 10.1. The summed E-state index contributed by atoms with van der Waals surface area (Å²) in [5.74, 6) is 0.280. The van der Waals surface area contributed by atoms with E-state index in [0.717, 1.165) is 45.8 Å². The summed E-state index contributed by atoms with van der Waals surface area (Å²) in [5.41, 5.74) is 2.69. The van der Waals surface area contributed by atoms with Crippen LogP contribution < -0.4 is 0 Å². The highest BCUT2D eigenvalue weighted by Gasteiger charge is 2.36. The fourth-order valence-electron chi connectivity index (χ4n) is 3.62. The van der Waals surface area contributed by atoms with E-state index in [1.54, 1.807) is 0 Å². The molecule has 1 amide bonds. The predicted octanol–water partition coefficient (Wildman–Crippen LogP) is 0.706. The smallest absolute Gasteiger partial charge is 0.241 e. The number of fused-ring (bicyclic) bond motifs is 1. The first kappa shape index (κ1) is 16.4. The fraction of sp³-hybridized carbons (Fsp3) is 0.611. The van der Waals surface area contributed by atoms with Crippen LogP contribution in [0.4, 0.5) is 0 Å². The zero-order valence-electron chi connectivity index (χ0n) is 14.5. The molecule has 126 valence electrons. The van der Waals surface area contributed by atoms with Crippen molar-refractivity contribution in [2.45, 2.75) is 19.1 Å². The van der Waals surface area contributed by atoms with Crippen molar-refractivity contribution in [1.82, 2.24) is 19.6 Å². The number of likely N-dealkylation sites (N-methyl/N-ethyl adjacent to an activating group) is 1. The van der Waals surface area contributed by atoms with Crippen LogP contribution in [0.1, 0.15) is 11.1 Å². The topological polar surface area (TPSA) is 30.0 Å². The lowest BCUT2D eigenvalue weighted by Gasteiger charge is -2.45. The SMILES string of the molecule is CN(C)Cc1cccc(CN2CCN3CCN(C)C(=O)[C@H]3C2)c1. The molecule has 1 atom stereocenters. The van der Waals surface area contributed by atoms with Gasteiger partial charge in [-0.05, 0) is 25.2 Å². The average molecular weight is 316 g/mol.